The van der Waals surface area contributed by atoms with Crippen molar-refractivity contribution in [2.45, 2.75) is 0 Å². The van der Waals surface area contributed by atoms with Crippen molar-refractivity contribution in [3.63, 3.8) is 0 Å². The van der Waals surface area contributed by atoms with Crippen LogP contribution in [-0.2, 0) is 0 Å². The van der Waals surface area contributed by atoms with Gasteiger partial charge >= 0.3 is 0 Å². The normalized spacial score (nSPS) is 11.3. The van der Waals surface area contributed by atoms with Crippen LogP contribution in [0.25, 0.3) is 61.7 Å². The van der Waals surface area contributed by atoms with Crippen LogP contribution in [0.4, 0.5) is 0 Å². The Morgan fingerprint density at radius 3 is 1.76 bits per heavy atom. The first kappa shape index (κ1) is 22.4. The summed E-state index contributed by atoms with van der Waals surface area (Å²) in [6.07, 6.45) is 0. The van der Waals surface area contributed by atoms with Crippen molar-refractivity contribution >= 4 is 33.4 Å². The monoisotopic (exact) mass is 508 g/mol. The molecule has 180 valence electrons. The third kappa shape index (κ3) is 3.92. The molecule has 0 saturated carbocycles. The van der Waals surface area contributed by atoms with Gasteiger partial charge in [0.25, 0.3) is 0 Å². The van der Waals surface area contributed by atoms with E-state index in [1.807, 2.05) is 60.7 Å². The molecular weight excluding hydrogens is 488 g/mol. The Bertz CT molecular complexity index is 1930. The molecule has 0 aliphatic carbocycles. The van der Waals surface area contributed by atoms with Gasteiger partial charge in [-0.1, -0.05) is 90.5 Å². The second-order valence-electron chi connectivity index (χ2n) is 9.10. The van der Waals surface area contributed by atoms with Crippen molar-refractivity contribution in [3.05, 3.63) is 132 Å². The third-order valence-corrected chi connectivity index (χ3v) is 6.93. The first-order valence-corrected chi connectivity index (χ1v) is 12.8. The highest BCUT2D eigenvalue weighted by Gasteiger charge is 2.16. The van der Waals surface area contributed by atoms with E-state index < -0.39 is 0 Å². The molecule has 5 aromatic carbocycles. The van der Waals surface area contributed by atoms with E-state index in [4.69, 9.17) is 26.6 Å². The first-order chi connectivity index (χ1) is 18.7. The summed E-state index contributed by atoms with van der Waals surface area (Å²) in [5, 5.41) is 2.97. The Morgan fingerprint density at radius 1 is 0.447 bits per heavy atom. The van der Waals surface area contributed by atoms with E-state index in [9.17, 15) is 0 Å². The molecule has 0 spiro atoms. The van der Waals surface area contributed by atoms with Crippen molar-refractivity contribution in [2.75, 3.05) is 0 Å². The van der Waals surface area contributed by atoms with Crippen LogP contribution in [0.5, 0.6) is 0 Å². The lowest BCUT2D eigenvalue weighted by Gasteiger charge is -2.10. The largest absolute Gasteiger partial charge is 0.309 e. The highest BCUT2D eigenvalue weighted by atomic mass is 35.5. The number of para-hydroxylation sites is 2. The van der Waals surface area contributed by atoms with Gasteiger partial charge in [0.1, 0.15) is 0 Å². The maximum Gasteiger partial charge on any atom is 0.164 e. The summed E-state index contributed by atoms with van der Waals surface area (Å²) in [5.74, 6) is 1.83. The fraction of sp³-hybridized carbons (Fsp3) is 0. The van der Waals surface area contributed by atoms with Gasteiger partial charge in [-0.05, 0) is 48.5 Å². The van der Waals surface area contributed by atoms with Crippen molar-refractivity contribution in [2.24, 2.45) is 0 Å². The molecule has 38 heavy (non-hydrogen) atoms. The second-order valence-corrected chi connectivity index (χ2v) is 9.54. The number of nitrogens with zero attached hydrogens (tertiary/aromatic N) is 4. The number of hydrogen-bond acceptors (Lipinski definition) is 3. The van der Waals surface area contributed by atoms with Crippen molar-refractivity contribution in [1.82, 2.24) is 19.5 Å². The molecule has 0 radical (unpaired) electrons. The molecule has 5 heteroatoms. The molecule has 0 aliphatic heterocycles. The van der Waals surface area contributed by atoms with Crippen LogP contribution >= 0.6 is 11.6 Å². The lowest BCUT2D eigenvalue weighted by Crippen LogP contribution is -2.00. The number of hydrogen-bond donors (Lipinski definition) is 0. The molecule has 0 unspecified atom stereocenters. The molecule has 0 aliphatic rings. The minimum atomic E-state index is 0.586. The summed E-state index contributed by atoms with van der Waals surface area (Å²) in [7, 11) is 0. The van der Waals surface area contributed by atoms with E-state index in [0.717, 1.165) is 38.8 Å². The summed E-state index contributed by atoms with van der Waals surface area (Å²) >= 11 is 6.31. The Kier molecular flexibility index (Phi) is 5.46. The summed E-state index contributed by atoms with van der Waals surface area (Å²) < 4.78 is 2.30. The summed E-state index contributed by atoms with van der Waals surface area (Å²) in [5.41, 5.74) is 6.12. The average Bonchev–Trinajstić information content (AvgIpc) is 3.31. The predicted molar refractivity (Wildman–Crippen MR) is 155 cm³/mol. The number of aromatic nitrogens is 4. The zero-order valence-corrected chi connectivity index (χ0v) is 21.0. The fourth-order valence-corrected chi connectivity index (χ4v) is 5.14. The third-order valence-electron chi connectivity index (χ3n) is 6.70. The second kappa shape index (κ2) is 9.25. The van der Waals surface area contributed by atoms with Crippen LogP contribution in [-0.4, -0.2) is 19.5 Å². The standard InChI is InChI=1S/C33H21ClN4/c34-25-13-9-12-23(20-25)32-35-31(22-10-3-1-4-11-22)36-33(37-32)24-18-19-30-28(21-24)27-16-7-8-17-29(27)38(30)26-14-5-2-6-15-26/h1-21H. The molecule has 0 amide bonds. The van der Waals surface area contributed by atoms with Crippen LogP contribution in [0.15, 0.2) is 127 Å². The Balaban J connectivity index is 1.46. The number of halogens is 1. The van der Waals surface area contributed by atoms with E-state index in [1.165, 1.54) is 5.39 Å². The van der Waals surface area contributed by atoms with Crippen molar-refractivity contribution in [1.29, 1.82) is 0 Å². The van der Waals surface area contributed by atoms with Gasteiger partial charge in [-0.25, -0.2) is 15.0 Å². The summed E-state index contributed by atoms with van der Waals surface area (Å²) in [4.78, 5) is 14.6. The molecule has 0 fully saturated rings. The maximum absolute atomic E-state index is 6.31. The minimum Gasteiger partial charge on any atom is -0.309 e. The molecule has 4 nitrogen and oxygen atoms in total. The van der Waals surface area contributed by atoms with E-state index in [2.05, 4.69) is 71.3 Å². The summed E-state index contributed by atoms with van der Waals surface area (Å²) in [6, 6.07) is 43.0. The van der Waals surface area contributed by atoms with E-state index in [-0.39, 0.29) is 0 Å². The SMILES string of the molecule is Clc1cccc(-c2nc(-c3ccccc3)nc(-c3ccc4c(c3)c3ccccc3n4-c3ccccc3)n2)c1. The van der Waals surface area contributed by atoms with Gasteiger partial charge in [0.2, 0.25) is 0 Å². The summed E-state index contributed by atoms with van der Waals surface area (Å²) in [6.45, 7) is 0. The predicted octanol–water partition coefficient (Wildman–Crippen LogP) is 8.62. The van der Waals surface area contributed by atoms with Gasteiger partial charge in [-0.3, -0.25) is 0 Å². The molecule has 7 aromatic rings. The molecule has 0 N–H and O–H groups in total. The van der Waals surface area contributed by atoms with E-state index >= 15 is 0 Å². The van der Waals surface area contributed by atoms with Crippen molar-refractivity contribution in [3.8, 4) is 39.9 Å². The Labute approximate surface area is 224 Å². The number of fused-ring (bicyclic) bond motifs is 3. The molecule has 0 atom stereocenters. The van der Waals surface area contributed by atoms with Crippen LogP contribution in [0, 0.1) is 0 Å². The molecular formula is C33H21ClN4. The van der Waals surface area contributed by atoms with Gasteiger partial charge in [0, 0.05) is 38.2 Å². The molecule has 0 saturated heterocycles. The Morgan fingerprint density at radius 2 is 1.03 bits per heavy atom. The Hall–Kier alpha value is -4.80. The first-order valence-electron chi connectivity index (χ1n) is 12.4. The zero-order valence-electron chi connectivity index (χ0n) is 20.3. The van der Waals surface area contributed by atoms with Gasteiger partial charge in [-0.15, -0.1) is 0 Å². The lowest BCUT2D eigenvalue weighted by molar-refractivity contribution is 1.07. The molecule has 0 bridgehead atoms. The quantitative estimate of drug-likeness (QED) is 0.239. The van der Waals surface area contributed by atoms with Crippen LogP contribution in [0.2, 0.25) is 5.02 Å². The van der Waals surface area contributed by atoms with Gasteiger partial charge in [0.05, 0.1) is 11.0 Å². The lowest BCUT2D eigenvalue weighted by atomic mass is 10.1. The topological polar surface area (TPSA) is 43.6 Å². The zero-order chi connectivity index (χ0) is 25.5. The molecule has 7 rings (SSSR count). The van der Waals surface area contributed by atoms with E-state index in [1.54, 1.807) is 0 Å². The van der Waals surface area contributed by atoms with Gasteiger partial charge < -0.3 is 4.57 Å². The van der Waals surface area contributed by atoms with Crippen molar-refractivity contribution < 1.29 is 0 Å². The van der Waals surface area contributed by atoms with Gasteiger partial charge in [0.15, 0.2) is 17.5 Å². The maximum atomic E-state index is 6.31. The number of benzene rings is 5. The highest BCUT2D eigenvalue weighted by Crippen LogP contribution is 2.35. The molecule has 2 heterocycles. The molecule has 2 aromatic heterocycles. The number of rotatable bonds is 4. The van der Waals surface area contributed by atoms with Gasteiger partial charge in [-0.2, -0.15) is 0 Å². The van der Waals surface area contributed by atoms with Crippen LogP contribution < -0.4 is 0 Å². The van der Waals surface area contributed by atoms with Crippen LogP contribution in [0.1, 0.15) is 0 Å². The fourth-order valence-electron chi connectivity index (χ4n) is 4.95. The minimum absolute atomic E-state index is 0.586. The average molecular weight is 509 g/mol. The smallest absolute Gasteiger partial charge is 0.164 e. The highest BCUT2D eigenvalue weighted by molar-refractivity contribution is 6.30. The van der Waals surface area contributed by atoms with E-state index in [0.29, 0.717) is 22.5 Å². The van der Waals surface area contributed by atoms with Crippen LogP contribution in [0.3, 0.4) is 0 Å².